The molecule has 3 rings (SSSR count). The number of nitrogens with zero attached hydrogens (tertiary/aromatic N) is 1. The molecule has 138 valence electrons. The lowest BCUT2D eigenvalue weighted by molar-refractivity contribution is -0.116. The van der Waals surface area contributed by atoms with Crippen molar-refractivity contribution in [3.8, 4) is 0 Å². The molecular formula is C20H19N3O4. The largest absolute Gasteiger partial charge is 0.326 e. The Morgan fingerprint density at radius 3 is 2.30 bits per heavy atom. The van der Waals surface area contributed by atoms with Gasteiger partial charge in [0.15, 0.2) is 0 Å². The fourth-order valence-electron chi connectivity index (χ4n) is 2.92. The highest BCUT2D eigenvalue weighted by Gasteiger charge is 2.35. The minimum Gasteiger partial charge on any atom is -0.326 e. The molecule has 0 fully saturated rings. The monoisotopic (exact) mass is 365 g/mol. The molecule has 1 aliphatic rings. The smallest absolute Gasteiger partial charge is 0.261 e. The second-order valence-electron chi connectivity index (χ2n) is 6.37. The van der Waals surface area contributed by atoms with Gasteiger partial charge in [0.25, 0.3) is 11.8 Å². The SMILES string of the molecule is CC(=O)Nc1cccc(NC(=O)CCN2C(=O)c3ccc(C)cc3C2=O)c1. The summed E-state index contributed by atoms with van der Waals surface area (Å²) in [5.74, 6) is -1.29. The number of anilines is 2. The van der Waals surface area contributed by atoms with E-state index in [1.54, 1.807) is 42.5 Å². The fraction of sp³-hybridized carbons (Fsp3) is 0.200. The number of carbonyl (C=O) groups excluding carboxylic acids is 4. The van der Waals surface area contributed by atoms with Crippen molar-refractivity contribution in [3.63, 3.8) is 0 Å². The van der Waals surface area contributed by atoms with Gasteiger partial charge < -0.3 is 10.6 Å². The van der Waals surface area contributed by atoms with Gasteiger partial charge in [0, 0.05) is 31.3 Å². The van der Waals surface area contributed by atoms with E-state index in [1.807, 2.05) is 6.92 Å². The molecule has 0 saturated heterocycles. The number of nitrogens with one attached hydrogen (secondary N) is 2. The number of carbonyl (C=O) groups is 4. The zero-order valence-electron chi connectivity index (χ0n) is 15.0. The summed E-state index contributed by atoms with van der Waals surface area (Å²) in [5.41, 5.74) is 2.73. The van der Waals surface area contributed by atoms with E-state index in [0.717, 1.165) is 10.5 Å². The van der Waals surface area contributed by atoms with Crippen LogP contribution in [-0.4, -0.2) is 35.1 Å². The first-order valence-electron chi connectivity index (χ1n) is 8.49. The Kier molecular flexibility index (Phi) is 5.03. The van der Waals surface area contributed by atoms with Crippen molar-refractivity contribution in [3.05, 3.63) is 59.2 Å². The van der Waals surface area contributed by atoms with E-state index in [4.69, 9.17) is 0 Å². The lowest BCUT2D eigenvalue weighted by Crippen LogP contribution is -2.32. The molecule has 0 radical (unpaired) electrons. The molecule has 0 aromatic heterocycles. The molecule has 1 aliphatic heterocycles. The van der Waals surface area contributed by atoms with Gasteiger partial charge in [0.2, 0.25) is 11.8 Å². The second-order valence-corrected chi connectivity index (χ2v) is 6.37. The molecule has 7 nitrogen and oxygen atoms in total. The number of benzene rings is 2. The average Bonchev–Trinajstić information content (AvgIpc) is 2.83. The second kappa shape index (κ2) is 7.41. The third kappa shape index (κ3) is 4.03. The van der Waals surface area contributed by atoms with Crippen molar-refractivity contribution in [2.45, 2.75) is 20.3 Å². The topological polar surface area (TPSA) is 95.6 Å². The molecule has 0 saturated carbocycles. The van der Waals surface area contributed by atoms with Crippen molar-refractivity contribution < 1.29 is 19.2 Å². The molecule has 7 heteroatoms. The van der Waals surface area contributed by atoms with E-state index >= 15 is 0 Å². The maximum absolute atomic E-state index is 12.4. The Morgan fingerprint density at radius 2 is 1.59 bits per heavy atom. The summed E-state index contributed by atoms with van der Waals surface area (Å²) in [6, 6.07) is 11.8. The van der Waals surface area contributed by atoms with Crippen LogP contribution < -0.4 is 10.6 Å². The van der Waals surface area contributed by atoms with Gasteiger partial charge in [-0.15, -0.1) is 0 Å². The normalized spacial score (nSPS) is 12.7. The highest BCUT2D eigenvalue weighted by atomic mass is 16.2. The molecule has 0 unspecified atom stereocenters. The van der Waals surface area contributed by atoms with Crippen LogP contribution in [0.1, 0.15) is 39.6 Å². The Balaban J connectivity index is 1.61. The minimum atomic E-state index is -0.379. The Bertz CT molecular complexity index is 952. The fourth-order valence-corrected chi connectivity index (χ4v) is 2.92. The maximum atomic E-state index is 12.4. The van der Waals surface area contributed by atoms with Gasteiger partial charge in [-0.3, -0.25) is 24.1 Å². The maximum Gasteiger partial charge on any atom is 0.261 e. The number of aryl methyl sites for hydroxylation is 1. The summed E-state index contributed by atoms with van der Waals surface area (Å²) in [4.78, 5) is 49.2. The zero-order valence-corrected chi connectivity index (χ0v) is 15.0. The molecule has 2 aromatic rings. The first-order chi connectivity index (χ1) is 12.8. The lowest BCUT2D eigenvalue weighted by Gasteiger charge is -2.13. The predicted molar refractivity (Wildman–Crippen MR) is 101 cm³/mol. The van der Waals surface area contributed by atoms with Crippen molar-refractivity contribution in [1.29, 1.82) is 0 Å². The highest BCUT2D eigenvalue weighted by molar-refractivity contribution is 6.21. The average molecular weight is 365 g/mol. The van der Waals surface area contributed by atoms with Gasteiger partial charge in [-0.05, 0) is 37.3 Å². The first kappa shape index (κ1) is 18.3. The minimum absolute atomic E-state index is 0.00259. The Morgan fingerprint density at radius 1 is 0.926 bits per heavy atom. The molecule has 2 aromatic carbocycles. The standard InChI is InChI=1S/C20H19N3O4/c1-12-6-7-16-17(10-12)20(27)23(19(16)26)9-8-18(25)22-15-5-3-4-14(11-15)21-13(2)24/h3-7,10-11H,8-9H2,1-2H3,(H,21,24)(H,22,25). The first-order valence-corrected chi connectivity index (χ1v) is 8.49. The number of hydrogen-bond acceptors (Lipinski definition) is 4. The molecule has 1 heterocycles. The van der Waals surface area contributed by atoms with Crippen LogP contribution in [0.4, 0.5) is 11.4 Å². The highest BCUT2D eigenvalue weighted by Crippen LogP contribution is 2.24. The Hall–Kier alpha value is -3.48. The van der Waals surface area contributed by atoms with Crippen LogP contribution >= 0.6 is 0 Å². The third-order valence-electron chi connectivity index (χ3n) is 4.16. The molecule has 2 N–H and O–H groups in total. The van der Waals surface area contributed by atoms with Gasteiger partial charge in [0.05, 0.1) is 11.1 Å². The quantitative estimate of drug-likeness (QED) is 0.796. The Labute approximate surface area is 156 Å². The van der Waals surface area contributed by atoms with Crippen molar-refractivity contribution >= 4 is 35.0 Å². The predicted octanol–water partition coefficient (Wildman–Crippen LogP) is 2.58. The molecule has 0 spiro atoms. The van der Waals surface area contributed by atoms with Crippen molar-refractivity contribution in [2.24, 2.45) is 0 Å². The van der Waals surface area contributed by atoms with E-state index in [9.17, 15) is 19.2 Å². The van der Waals surface area contributed by atoms with Gasteiger partial charge in [0.1, 0.15) is 0 Å². The lowest BCUT2D eigenvalue weighted by atomic mass is 10.1. The summed E-state index contributed by atoms with van der Waals surface area (Å²) in [6.45, 7) is 3.25. The zero-order chi connectivity index (χ0) is 19.6. The molecule has 0 bridgehead atoms. The van der Waals surface area contributed by atoms with E-state index in [1.165, 1.54) is 6.92 Å². The number of fused-ring (bicyclic) bond motifs is 1. The van der Waals surface area contributed by atoms with Crippen LogP contribution in [0.5, 0.6) is 0 Å². The van der Waals surface area contributed by atoms with Crippen molar-refractivity contribution in [2.75, 3.05) is 17.2 Å². The van der Waals surface area contributed by atoms with E-state index in [2.05, 4.69) is 10.6 Å². The van der Waals surface area contributed by atoms with Crippen LogP contribution in [-0.2, 0) is 9.59 Å². The molecule has 4 amide bonds. The summed E-state index contributed by atoms with van der Waals surface area (Å²) < 4.78 is 0. The molecule has 0 aliphatic carbocycles. The van der Waals surface area contributed by atoms with Crippen LogP contribution in [0.3, 0.4) is 0 Å². The number of amides is 4. The molecule has 0 atom stereocenters. The van der Waals surface area contributed by atoms with Gasteiger partial charge in [-0.1, -0.05) is 17.7 Å². The third-order valence-corrected chi connectivity index (χ3v) is 4.16. The van der Waals surface area contributed by atoms with Crippen LogP contribution in [0.25, 0.3) is 0 Å². The van der Waals surface area contributed by atoms with Crippen LogP contribution in [0.15, 0.2) is 42.5 Å². The summed E-state index contributed by atoms with van der Waals surface area (Å²) >= 11 is 0. The van der Waals surface area contributed by atoms with Gasteiger partial charge in [-0.25, -0.2) is 0 Å². The summed E-state index contributed by atoms with van der Waals surface area (Å²) in [6.07, 6.45) is -0.0190. The van der Waals surface area contributed by atoms with Gasteiger partial charge in [-0.2, -0.15) is 0 Å². The molecule has 27 heavy (non-hydrogen) atoms. The van der Waals surface area contributed by atoms with Gasteiger partial charge >= 0.3 is 0 Å². The van der Waals surface area contributed by atoms with E-state index < -0.39 is 0 Å². The van der Waals surface area contributed by atoms with Crippen molar-refractivity contribution in [1.82, 2.24) is 4.90 Å². The number of rotatable bonds is 5. The molecular weight excluding hydrogens is 346 g/mol. The van der Waals surface area contributed by atoms with Crippen LogP contribution in [0.2, 0.25) is 0 Å². The van der Waals surface area contributed by atoms with E-state index in [0.29, 0.717) is 22.5 Å². The number of hydrogen-bond donors (Lipinski definition) is 2. The summed E-state index contributed by atoms with van der Waals surface area (Å²) in [7, 11) is 0. The summed E-state index contributed by atoms with van der Waals surface area (Å²) in [5, 5.41) is 5.33. The number of imide groups is 1. The van der Waals surface area contributed by atoms with E-state index in [-0.39, 0.29) is 36.6 Å². The van der Waals surface area contributed by atoms with Crippen LogP contribution in [0, 0.1) is 6.92 Å².